The van der Waals surface area contributed by atoms with Crippen LogP contribution in [0.25, 0.3) is 0 Å². The Labute approximate surface area is 181 Å². The Kier molecular flexibility index (Phi) is 8.22. The highest BCUT2D eigenvalue weighted by atomic mass is 79.9. The highest BCUT2D eigenvalue weighted by Crippen LogP contribution is 2.24. The standard InChI is InChI=1S/C22H28BrN3O3/c1-15-6-7-16(2)19(10-15)24-21(27)13-26(4)22(28)14-25(3)12-17-11-18(23)8-9-20(17)29-5/h6-11H,12-14H2,1-5H3,(H,24,27). The molecule has 0 aromatic heterocycles. The molecule has 0 unspecified atom stereocenters. The summed E-state index contributed by atoms with van der Waals surface area (Å²) in [6, 6.07) is 11.7. The van der Waals surface area contributed by atoms with E-state index in [-0.39, 0.29) is 24.9 Å². The summed E-state index contributed by atoms with van der Waals surface area (Å²) in [4.78, 5) is 28.2. The van der Waals surface area contributed by atoms with Crippen LogP contribution >= 0.6 is 15.9 Å². The van der Waals surface area contributed by atoms with Crippen molar-refractivity contribution in [1.82, 2.24) is 9.80 Å². The lowest BCUT2D eigenvalue weighted by molar-refractivity contribution is -0.134. The number of hydrogen-bond acceptors (Lipinski definition) is 4. The highest BCUT2D eigenvalue weighted by molar-refractivity contribution is 9.10. The summed E-state index contributed by atoms with van der Waals surface area (Å²) in [6.45, 7) is 4.66. The molecule has 0 spiro atoms. The van der Waals surface area contributed by atoms with Gasteiger partial charge in [-0.2, -0.15) is 0 Å². The number of benzene rings is 2. The van der Waals surface area contributed by atoms with E-state index in [1.807, 2.05) is 62.2 Å². The quantitative estimate of drug-likeness (QED) is 0.652. The molecule has 2 aromatic carbocycles. The third kappa shape index (κ3) is 6.87. The largest absolute Gasteiger partial charge is 0.496 e. The summed E-state index contributed by atoms with van der Waals surface area (Å²) in [6.07, 6.45) is 0. The SMILES string of the molecule is COc1ccc(Br)cc1CN(C)CC(=O)N(C)CC(=O)Nc1cc(C)ccc1C. The Morgan fingerprint density at radius 3 is 2.48 bits per heavy atom. The van der Waals surface area contributed by atoms with E-state index in [2.05, 4.69) is 21.2 Å². The molecule has 0 aliphatic carbocycles. The van der Waals surface area contributed by atoms with Crippen LogP contribution in [0.2, 0.25) is 0 Å². The Balaban J connectivity index is 1.90. The van der Waals surface area contributed by atoms with Gasteiger partial charge in [-0.05, 0) is 56.3 Å². The second-order valence-electron chi connectivity index (χ2n) is 7.24. The van der Waals surface area contributed by atoms with E-state index in [4.69, 9.17) is 4.74 Å². The Morgan fingerprint density at radius 1 is 1.07 bits per heavy atom. The monoisotopic (exact) mass is 461 g/mol. The van der Waals surface area contributed by atoms with Crippen LogP contribution in [0.1, 0.15) is 16.7 Å². The molecule has 0 bridgehead atoms. The molecule has 7 heteroatoms. The molecular formula is C22H28BrN3O3. The van der Waals surface area contributed by atoms with Gasteiger partial charge in [-0.1, -0.05) is 28.1 Å². The number of methoxy groups -OCH3 is 1. The molecule has 0 saturated heterocycles. The number of carbonyl (C=O) groups excluding carboxylic acids is 2. The normalized spacial score (nSPS) is 10.7. The lowest BCUT2D eigenvalue weighted by atomic mass is 10.1. The first-order chi connectivity index (χ1) is 13.7. The number of rotatable bonds is 8. The molecule has 0 fully saturated rings. The van der Waals surface area contributed by atoms with Crippen LogP contribution in [-0.4, -0.2) is 55.9 Å². The van der Waals surface area contributed by atoms with Crippen molar-refractivity contribution >= 4 is 33.4 Å². The zero-order chi connectivity index (χ0) is 21.6. The molecule has 2 rings (SSSR count). The van der Waals surface area contributed by atoms with Gasteiger partial charge in [0.2, 0.25) is 11.8 Å². The molecular weight excluding hydrogens is 434 g/mol. The van der Waals surface area contributed by atoms with Crippen molar-refractivity contribution < 1.29 is 14.3 Å². The highest BCUT2D eigenvalue weighted by Gasteiger charge is 2.17. The molecule has 0 saturated carbocycles. The average molecular weight is 462 g/mol. The van der Waals surface area contributed by atoms with Crippen molar-refractivity contribution in [3.63, 3.8) is 0 Å². The maximum Gasteiger partial charge on any atom is 0.243 e. The number of likely N-dealkylation sites (N-methyl/N-ethyl adjacent to an activating group) is 2. The van der Waals surface area contributed by atoms with Crippen LogP contribution in [-0.2, 0) is 16.1 Å². The lowest BCUT2D eigenvalue weighted by Gasteiger charge is -2.22. The fourth-order valence-corrected chi connectivity index (χ4v) is 3.34. The van der Waals surface area contributed by atoms with Gasteiger partial charge in [0.25, 0.3) is 0 Å². The van der Waals surface area contributed by atoms with Crippen molar-refractivity contribution in [1.29, 1.82) is 0 Å². The summed E-state index contributed by atoms with van der Waals surface area (Å²) in [7, 11) is 5.13. The maximum atomic E-state index is 12.5. The zero-order valence-electron chi connectivity index (χ0n) is 17.6. The predicted molar refractivity (Wildman–Crippen MR) is 119 cm³/mol. The Morgan fingerprint density at radius 2 is 1.79 bits per heavy atom. The number of ether oxygens (including phenoxy) is 1. The second kappa shape index (κ2) is 10.4. The van der Waals surface area contributed by atoms with Crippen LogP contribution < -0.4 is 10.1 Å². The van der Waals surface area contributed by atoms with Crippen LogP contribution in [0.3, 0.4) is 0 Å². The number of carbonyl (C=O) groups is 2. The summed E-state index contributed by atoms with van der Waals surface area (Å²) in [5.41, 5.74) is 3.81. The molecule has 0 aliphatic heterocycles. The van der Waals surface area contributed by atoms with Gasteiger partial charge >= 0.3 is 0 Å². The van der Waals surface area contributed by atoms with Gasteiger partial charge in [0.1, 0.15) is 5.75 Å². The smallest absolute Gasteiger partial charge is 0.243 e. The number of nitrogens with one attached hydrogen (secondary N) is 1. The summed E-state index contributed by atoms with van der Waals surface area (Å²) in [5, 5.41) is 2.88. The summed E-state index contributed by atoms with van der Waals surface area (Å²) >= 11 is 3.46. The van der Waals surface area contributed by atoms with E-state index in [1.54, 1.807) is 14.2 Å². The molecule has 0 atom stereocenters. The van der Waals surface area contributed by atoms with Crippen molar-refractivity contribution in [2.75, 3.05) is 39.6 Å². The van der Waals surface area contributed by atoms with Gasteiger partial charge in [-0.15, -0.1) is 0 Å². The minimum Gasteiger partial charge on any atom is -0.496 e. The number of hydrogen-bond donors (Lipinski definition) is 1. The molecule has 1 N–H and O–H groups in total. The van der Waals surface area contributed by atoms with Gasteiger partial charge in [0.15, 0.2) is 0 Å². The molecule has 0 aliphatic rings. The first-order valence-electron chi connectivity index (χ1n) is 9.31. The molecule has 0 heterocycles. The van der Waals surface area contributed by atoms with Gasteiger partial charge in [0, 0.05) is 29.3 Å². The van der Waals surface area contributed by atoms with Crippen LogP contribution in [0.5, 0.6) is 5.75 Å². The molecule has 29 heavy (non-hydrogen) atoms. The number of halogens is 1. The number of amides is 2. The van der Waals surface area contributed by atoms with Crippen LogP contribution in [0.15, 0.2) is 40.9 Å². The number of anilines is 1. The van der Waals surface area contributed by atoms with Crippen molar-refractivity contribution in [2.24, 2.45) is 0 Å². The molecule has 2 aromatic rings. The van der Waals surface area contributed by atoms with Crippen molar-refractivity contribution in [2.45, 2.75) is 20.4 Å². The minimum atomic E-state index is -0.217. The molecule has 6 nitrogen and oxygen atoms in total. The fourth-order valence-electron chi connectivity index (χ4n) is 2.93. The minimum absolute atomic E-state index is 0.000259. The van der Waals surface area contributed by atoms with E-state index < -0.39 is 0 Å². The van der Waals surface area contributed by atoms with Gasteiger partial charge in [-0.25, -0.2) is 0 Å². The van der Waals surface area contributed by atoms with Crippen LogP contribution in [0, 0.1) is 13.8 Å². The molecule has 0 radical (unpaired) electrons. The topological polar surface area (TPSA) is 61.9 Å². The predicted octanol–water partition coefficient (Wildman–Crippen LogP) is 3.60. The van der Waals surface area contributed by atoms with Crippen molar-refractivity contribution in [3.8, 4) is 5.75 Å². The van der Waals surface area contributed by atoms with E-state index in [0.29, 0.717) is 6.54 Å². The Hall–Kier alpha value is -2.38. The van der Waals surface area contributed by atoms with Gasteiger partial charge in [-0.3, -0.25) is 14.5 Å². The first kappa shape index (κ1) is 22.9. The Bertz CT molecular complexity index is 886. The second-order valence-corrected chi connectivity index (χ2v) is 8.16. The van der Waals surface area contributed by atoms with E-state index >= 15 is 0 Å². The number of aryl methyl sites for hydroxylation is 2. The van der Waals surface area contributed by atoms with E-state index in [0.717, 1.165) is 32.6 Å². The van der Waals surface area contributed by atoms with Gasteiger partial charge < -0.3 is 15.0 Å². The van der Waals surface area contributed by atoms with Gasteiger partial charge in [0.05, 0.1) is 20.2 Å². The third-order valence-electron chi connectivity index (χ3n) is 4.56. The molecule has 2 amide bonds. The summed E-state index contributed by atoms with van der Waals surface area (Å²) < 4.78 is 6.34. The number of nitrogens with zero attached hydrogens (tertiary/aromatic N) is 2. The molecule has 156 valence electrons. The lowest BCUT2D eigenvalue weighted by Crippen LogP contribution is -2.40. The fraction of sp³-hybridized carbons (Fsp3) is 0.364. The zero-order valence-corrected chi connectivity index (χ0v) is 19.2. The van der Waals surface area contributed by atoms with Crippen LogP contribution in [0.4, 0.5) is 5.69 Å². The third-order valence-corrected chi connectivity index (χ3v) is 5.05. The maximum absolute atomic E-state index is 12.5. The average Bonchev–Trinajstić information content (AvgIpc) is 2.64. The van der Waals surface area contributed by atoms with Crippen molar-refractivity contribution in [3.05, 3.63) is 57.6 Å². The van der Waals surface area contributed by atoms with E-state index in [1.165, 1.54) is 4.90 Å². The summed E-state index contributed by atoms with van der Waals surface area (Å²) in [5.74, 6) is 0.428. The first-order valence-corrected chi connectivity index (χ1v) is 10.1. The van der Waals surface area contributed by atoms with E-state index in [9.17, 15) is 9.59 Å².